The molecular formula is C25H26N12O5S3. The summed E-state index contributed by atoms with van der Waals surface area (Å²) < 4.78 is 21.8. The zero-order valence-corrected chi connectivity index (χ0v) is 25.6. The molecule has 0 unspecified atom stereocenters. The van der Waals surface area contributed by atoms with Gasteiger partial charge < -0.3 is 27.3 Å². The van der Waals surface area contributed by atoms with Gasteiger partial charge in [0.1, 0.15) is 12.5 Å². The quantitative estimate of drug-likeness (QED) is 0.195. The van der Waals surface area contributed by atoms with Crippen LogP contribution in [0.2, 0.25) is 0 Å². The topological polar surface area (TPSA) is 223 Å². The molecule has 9 aromatic heterocycles. The Hall–Kier alpha value is -5.99. The van der Waals surface area contributed by atoms with Crippen molar-refractivity contribution in [2.24, 2.45) is 0 Å². The number of hydrogen-bond acceptors (Lipinski definition) is 19. The number of rotatable bonds is 0. The van der Waals surface area contributed by atoms with Crippen LogP contribution in [0.5, 0.6) is 0 Å². The third-order valence-electron chi connectivity index (χ3n) is 3.07. The van der Waals surface area contributed by atoms with Gasteiger partial charge in [-0.2, -0.15) is 11.3 Å². The largest absolute Gasteiger partial charge is 0.452 e. The summed E-state index contributed by atoms with van der Waals surface area (Å²) >= 11 is 4.92. The van der Waals surface area contributed by atoms with Gasteiger partial charge in [-0.1, -0.05) is 22.4 Å². The van der Waals surface area contributed by atoms with Gasteiger partial charge in [0.05, 0.1) is 29.7 Å². The van der Waals surface area contributed by atoms with Gasteiger partial charge in [0.2, 0.25) is 25.6 Å². The van der Waals surface area contributed by atoms with E-state index in [-0.39, 0.29) is 0 Å². The van der Waals surface area contributed by atoms with Crippen LogP contribution in [0.15, 0.2) is 174 Å². The lowest BCUT2D eigenvalue weighted by atomic mass is 10.7. The van der Waals surface area contributed by atoms with Crippen molar-refractivity contribution >= 4 is 34.0 Å². The number of hydrogen-bond donors (Lipinski definition) is 1. The van der Waals surface area contributed by atoms with Crippen molar-refractivity contribution in [2.45, 2.75) is 0 Å². The maximum Gasteiger partial charge on any atom is 0.213 e. The summed E-state index contributed by atoms with van der Waals surface area (Å²) in [7, 11) is 0. The van der Waals surface area contributed by atoms with Crippen LogP contribution >= 0.6 is 34.0 Å². The second kappa shape index (κ2) is 34.2. The van der Waals surface area contributed by atoms with Gasteiger partial charge in [0.15, 0.2) is 25.4 Å². The standard InChI is InChI=1S/C4H4S.C3H4N2.2C3H3NO.2C3H3NS.3C2H2N2O/c1-2-4-5-3-1;5*1-2-5-3-4-1;1-3-4-2-5-1;2*1-3-2-5-4-1/h1-4H;1-3H,(H,4,5);4*1-3H;3*1-2H. The van der Waals surface area contributed by atoms with Gasteiger partial charge >= 0.3 is 0 Å². The summed E-state index contributed by atoms with van der Waals surface area (Å²) in [5.41, 5.74) is 3.58. The highest BCUT2D eigenvalue weighted by Gasteiger charge is 1.63. The number of H-pyrrole nitrogens is 1. The summed E-state index contributed by atoms with van der Waals surface area (Å²) in [4.78, 5) is 27.9. The van der Waals surface area contributed by atoms with E-state index in [2.05, 4.69) is 82.7 Å². The first-order chi connectivity index (χ1) is 22.5. The summed E-state index contributed by atoms with van der Waals surface area (Å²) in [5.74, 6) is 0. The van der Waals surface area contributed by atoms with Crippen LogP contribution in [-0.2, 0) is 0 Å². The molecule has 9 aromatic rings. The molecule has 0 amide bonds. The zero-order chi connectivity index (χ0) is 31.8. The monoisotopic (exact) mass is 670 g/mol. The molecule has 9 rings (SSSR count). The Morgan fingerprint density at radius 1 is 0.467 bits per heavy atom. The van der Waals surface area contributed by atoms with E-state index < -0.39 is 0 Å². The van der Waals surface area contributed by atoms with Crippen molar-refractivity contribution in [3.63, 3.8) is 0 Å². The highest BCUT2D eigenvalue weighted by Crippen LogP contribution is 1.91. The first-order valence-corrected chi connectivity index (χ1v) is 14.6. The molecule has 1 N–H and O–H groups in total. The maximum atomic E-state index is 4.47. The third kappa shape index (κ3) is 32.4. The van der Waals surface area contributed by atoms with Gasteiger partial charge in [0, 0.05) is 35.5 Å². The van der Waals surface area contributed by atoms with Crippen LogP contribution in [0.25, 0.3) is 0 Å². The smallest absolute Gasteiger partial charge is 0.213 e. The predicted molar refractivity (Wildman–Crippen MR) is 163 cm³/mol. The molecule has 20 heteroatoms. The molecule has 0 fully saturated rings. The average molecular weight is 671 g/mol. The SMILES string of the molecule is c1c[nH]cn1.c1ccsc1.c1cocn1.c1cocn1.c1cscn1.c1cscn1.c1ncon1.c1ncon1.c1nnco1. The normalized spacial score (nSPS) is 8.00. The molecular weight excluding hydrogens is 645 g/mol. The summed E-state index contributed by atoms with van der Waals surface area (Å²) in [6, 6.07) is 4.04. The van der Waals surface area contributed by atoms with E-state index in [0.29, 0.717) is 0 Å². The highest BCUT2D eigenvalue weighted by atomic mass is 32.1. The molecule has 234 valence electrons. The summed E-state index contributed by atoms with van der Waals surface area (Å²) in [6.45, 7) is 0. The fourth-order valence-electron chi connectivity index (χ4n) is 1.55. The Morgan fingerprint density at radius 3 is 1.18 bits per heavy atom. The van der Waals surface area contributed by atoms with Crippen molar-refractivity contribution in [3.05, 3.63) is 152 Å². The highest BCUT2D eigenvalue weighted by molar-refractivity contribution is 7.08. The van der Waals surface area contributed by atoms with Gasteiger partial charge in [0.25, 0.3) is 0 Å². The number of nitrogens with zero attached hydrogens (tertiary/aromatic N) is 11. The first-order valence-electron chi connectivity index (χ1n) is 11.8. The van der Waals surface area contributed by atoms with Crippen molar-refractivity contribution in [2.75, 3.05) is 0 Å². The Morgan fingerprint density at radius 2 is 1.04 bits per heavy atom. The van der Waals surface area contributed by atoms with E-state index in [4.69, 9.17) is 0 Å². The predicted octanol–water partition coefficient (Wildman–Crippen LogP) is 6.00. The molecule has 9 heterocycles. The van der Waals surface area contributed by atoms with Gasteiger partial charge in [-0.25, -0.2) is 24.9 Å². The van der Waals surface area contributed by atoms with Crippen LogP contribution in [0.3, 0.4) is 0 Å². The van der Waals surface area contributed by atoms with Crippen LogP contribution < -0.4 is 0 Å². The molecule has 0 atom stereocenters. The molecule has 0 aliphatic carbocycles. The van der Waals surface area contributed by atoms with Crippen LogP contribution in [0, 0.1) is 0 Å². The summed E-state index contributed by atoms with van der Waals surface area (Å²) in [5, 5.41) is 21.0. The molecule has 0 bridgehead atoms. The molecule has 0 aliphatic heterocycles. The van der Waals surface area contributed by atoms with E-state index in [0.717, 1.165) is 0 Å². The molecule has 0 saturated carbocycles. The number of thiazole rings is 2. The van der Waals surface area contributed by atoms with Crippen LogP contribution in [0.1, 0.15) is 0 Å². The second-order valence-corrected chi connectivity index (χ2v) is 8.32. The number of thiophene rings is 1. The lowest BCUT2D eigenvalue weighted by Crippen LogP contribution is -1.53. The van der Waals surface area contributed by atoms with E-state index in [1.54, 1.807) is 88.5 Å². The van der Waals surface area contributed by atoms with E-state index in [9.17, 15) is 0 Å². The Kier molecular flexibility index (Phi) is 28.2. The molecule has 0 saturated heterocycles. The molecule has 0 spiro atoms. The fourth-order valence-corrected chi connectivity index (χ4v) is 2.71. The van der Waals surface area contributed by atoms with Crippen LogP contribution in [0.4, 0.5) is 0 Å². The van der Waals surface area contributed by atoms with E-state index >= 15 is 0 Å². The minimum absolute atomic E-state index is 1.26. The van der Waals surface area contributed by atoms with E-state index in [1.807, 2.05) is 33.7 Å². The molecule has 17 nitrogen and oxygen atoms in total. The first kappa shape index (κ1) is 37.0. The summed E-state index contributed by atoms with van der Waals surface area (Å²) in [6.07, 6.45) is 25.3. The number of imidazole rings is 1. The number of nitrogens with one attached hydrogen (secondary N) is 1. The minimum atomic E-state index is 1.26. The maximum absolute atomic E-state index is 4.47. The lowest BCUT2D eigenvalue weighted by Gasteiger charge is -1.47. The van der Waals surface area contributed by atoms with Crippen LogP contribution in [-0.4, -0.2) is 60.4 Å². The molecule has 0 aromatic carbocycles. The van der Waals surface area contributed by atoms with Crippen molar-refractivity contribution in [1.29, 1.82) is 0 Å². The van der Waals surface area contributed by atoms with Gasteiger partial charge in [-0.15, -0.1) is 32.9 Å². The minimum Gasteiger partial charge on any atom is -0.452 e. The second-order valence-electron chi connectivity index (χ2n) is 6.00. The molecule has 0 radical (unpaired) electrons. The number of aromatic amines is 1. The zero-order valence-electron chi connectivity index (χ0n) is 23.1. The Balaban J connectivity index is 0.000000253. The Bertz CT molecular complexity index is 955. The lowest BCUT2D eigenvalue weighted by molar-refractivity contribution is 0.416. The Labute approximate surface area is 267 Å². The van der Waals surface area contributed by atoms with Crippen molar-refractivity contribution in [1.82, 2.24) is 60.4 Å². The fraction of sp³-hybridized carbons (Fsp3) is 0. The average Bonchev–Trinajstić information content (AvgIpc) is 4.02. The third-order valence-corrected chi connectivity index (χ3v) is 4.74. The van der Waals surface area contributed by atoms with E-state index in [1.165, 1.54) is 63.5 Å². The number of aromatic nitrogens is 12. The van der Waals surface area contributed by atoms with Crippen molar-refractivity contribution < 1.29 is 22.3 Å². The molecule has 0 aliphatic rings. The number of oxazole rings is 2. The molecule has 45 heavy (non-hydrogen) atoms. The van der Waals surface area contributed by atoms with Crippen molar-refractivity contribution in [3.8, 4) is 0 Å². The van der Waals surface area contributed by atoms with Gasteiger partial charge in [-0.3, -0.25) is 9.97 Å². The van der Waals surface area contributed by atoms with Gasteiger partial charge in [-0.05, 0) is 10.8 Å².